The number of rotatable bonds is 5. The summed E-state index contributed by atoms with van der Waals surface area (Å²) in [5.74, 6) is 0.467. The van der Waals surface area contributed by atoms with Gasteiger partial charge < -0.3 is 15.2 Å². The van der Waals surface area contributed by atoms with Crippen molar-refractivity contribution in [3.8, 4) is 5.75 Å². The van der Waals surface area contributed by atoms with E-state index >= 15 is 0 Å². The molecule has 1 aliphatic heterocycles. The summed E-state index contributed by atoms with van der Waals surface area (Å²) in [7, 11) is -0.414. The van der Waals surface area contributed by atoms with E-state index < -0.39 is 10.0 Å². The highest BCUT2D eigenvalue weighted by molar-refractivity contribution is 7.89. The van der Waals surface area contributed by atoms with Gasteiger partial charge in [-0.1, -0.05) is 6.08 Å². The molecule has 0 aliphatic carbocycles. The molecule has 1 aliphatic rings. The third kappa shape index (κ3) is 3.37. The van der Waals surface area contributed by atoms with Crippen LogP contribution in [0.25, 0.3) is 0 Å². The van der Waals surface area contributed by atoms with Gasteiger partial charge in [0.2, 0.25) is 10.0 Å². The molecule has 7 heteroatoms. The fourth-order valence-electron chi connectivity index (χ4n) is 2.25. The monoisotopic (exact) mass is 312 g/mol. The quantitative estimate of drug-likeness (QED) is 0.653. The van der Waals surface area contributed by atoms with Crippen molar-refractivity contribution in [2.45, 2.75) is 11.3 Å². The van der Waals surface area contributed by atoms with Crippen LogP contribution in [0.5, 0.6) is 5.75 Å². The molecule has 6 nitrogen and oxygen atoms in total. The number of anilines is 1. The first-order chi connectivity index (χ1) is 9.98. The summed E-state index contributed by atoms with van der Waals surface area (Å²) in [6.45, 7) is 1.35. The molecule has 1 aromatic carbocycles. The Bertz CT molecular complexity index is 640. The maximum atomic E-state index is 12.6. The minimum absolute atomic E-state index is 0.185. The third-order valence-corrected chi connectivity index (χ3v) is 5.30. The fraction of sp³-hybridized carbons (Fsp3) is 0.429. The Labute approximate surface area is 125 Å². The summed E-state index contributed by atoms with van der Waals surface area (Å²) in [6.07, 6.45) is 2.58. The molecule has 0 spiro atoms. The molecule has 0 aromatic heterocycles. The van der Waals surface area contributed by atoms with Gasteiger partial charge in [0.1, 0.15) is 5.75 Å². The third-order valence-electron chi connectivity index (χ3n) is 3.43. The second-order valence-electron chi connectivity index (χ2n) is 4.81. The molecule has 0 saturated heterocycles. The Balaban J connectivity index is 2.21. The van der Waals surface area contributed by atoms with Crippen LogP contribution in [0.4, 0.5) is 5.69 Å². The highest BCUT2D eigenvalue weighted by Crippen LogP contribution is 2.27. The normalized spacial score (nSPS) is 16.6. The summed E-state index contributed by atoms with van der Waals surface area (Å²) in [5, 5.41) is 0. The number of methoxy groups -OCH3 is 2. The van der Waals surface area contributed by atoms with Crippen molar-refractivity contribution in [2.75, 3.05) is 39.6 Å². The van der Waals surface area contributed by atoms with Crippen molar-refractivity contribution in [1.29, 1.82) is 0 Å². The number of sulfonamides is 1. The second-order valence-corrected chi connectivity index (χ2v) is 6.75. The predicted molar refractivity (Wildman–Crippen MR) is 80.7 cm³/mol. The van der Waals surface area contributed by atoms with E-state index in [2.05, 4.69) is 0 Å². The molecule has 0 radical (unpaired) electrons. The average molecular weight is 312 g/mol. The second kappa shape index (κ2) is 6.46. The molecule has 116 valence electrons. The number of ether oxygens (including phenoxy) is 2. The first kappa shape index (κ1) is 15.8. The van der Waals surface area contributed by atoms with Crippen LogP contribution in [0.15, 0.2) is 34.7 Å². The number of hydrogen-bond acceptors (Lipinski definition) is 5. The van der Waals surface area contributed by atoms with Crippen LogP contribution in [-0.4, -0.2) is 46.6 Å². The van der Waals surface area contributed by atoms with Crippen LogP contribution in [0.1, 0.15) is 6.42 Å². The number of nitrogen functional groups attached to an aromatic ring is 1. The number of hydrogen-bond donors (Lipinski definition) is 1. The summed E-state index contributed by atoms with van der Waals surface area (Å²) >= 11 is 0. The van der Waals surface area contributed by atoms with Crippen molar-refractivity contribution in [3.05, 3.63) is 29.8 Å². The van der Waals surface area contributed by atoms with Gasteiger partial charge >= 0.3 is 0 Å². The van der Waals surface area contributed by atoms with Crippen molar-refractivity contribution < 1.29 is 17.9 Å². The van der Waals surface area contributed by atoms with E-state index in [4.69, 9.17) is 15.2 Å². The van der Waals surface area contributed by atoms with E-state index in [1.54, 1.807) is 13.2 Å². The van der Waals surface area contributed by atoms with E-state index in [0.717, 1.165) is 5.57 Å². The lowest BCUT2D eigenvalue weighted by Crippen LogP contribution is -2.35. The lowest BCUT2D eigenvalue weighted by molar-refractivity contribution is 0.219. The first-order valence-corrected chi connectivity index (χ1v) is 8.03. The van der Waals surface area contributed by atoms with Gasteiger partial charge in [0, 0.05) is 20.2 Å². The Kier molecular flexibility index (Phi) is 4.87. The molecule has 2 rings (SSSR count). The van der Waals surface area contributed by atoms with Crippen molar-refractivity contribution in [2.24, 2.45) is 0 Å². The Morgan fingerprint density at radius 2 is 2.10 bits per heavy atom. The van der Waals surface area contributed by atoms with Crippen LogP contribution >= 0.6 is 0 Å². The van der Waals surface area contributed by atoms with Crippen molar-refractivity contribution in [3.63, 3.8) is 0 Å². The zero-order chi connectivity index (χ0) is 15.5. The van der Waals surface area contributed by atoms with Gasteiger partial charge in [0.05, 0.1) is 24.3 Å². The smallest absolute Gasteiger partial charge is 0.243 e. The Morgan fingerprint density at radius 1 is 1.33 bits per heavy atom. The van der Waals surface area contributed by atoms with Crippen LogP contribution in [0, 0.1) is 0 Å². The maximum absolute atomic E-state index is 12.6. The van der Waals surface area contributed by atoms with Gasteiger partial charge in [-0.2, -0.15) is 4.31 Å². The minimum Gasteiger partial charge on any atom is -0.495 e. The highest BCUT2D eigenvalue weighted by Gasteiger charge is 2.26. The highest BCUT2D eigenvalue weighted by atomic mass is 32.2. The number of benzene rings is 1. The molecular weight excluding hydrogens is 292 g/mol. The molecule has 21 heavy (non-hydrogen) atoms. The van der Waals surface area contributed by atoms with Crippen LogP contribution in [0.2, 0.25) is 0 Å². The van der Waals surface area contributed by atoms with Crippen LogP contribution < -0.4 is 10.5 Å². The zero-order valence-electron chi connectivity index (χ0n) is 12.2. The summed E-state index contributed by atoms with van der Waals surface area (Å²) < 4.78 is 36.7. The molecule has 1 heterocycles. The Morgan fingerprint density at radius 3 is 2.62 bits per heavy atom. The molecular formula is C14H20N2O4S. The number of nitrogens with zero attached hydrogens (tertiary/aromatic N) is 1. The van der Waals surface area contributed by atoms with Gasteiger partial charge in [-0.05, 0) is 30.2 Å². The van der Waals surface area contributed by atoms with Crippen LogP contribution in [-0.2, 0) is 14.8 Å². The van der Waals surface area contributed by atoms with E-state index in [9.17, 15) is 8.42 Å². The summed E-state index contributed by atoms with van der Waals surface area (Å²) in [6, 6.07) is 4.51. The van der Waals surface area contributed by atoms with Gasteiger partial charge in [-0.15, -0.1) is 0 Å². The standard InChI is InChI=1S/C14H20N2O4S/c1-19-10-11-5-7-16(8-6-11)21(17,18)12-3-4-14(20-2)13(15)9-12/h3-5,9H,6-8,10,15H2,1-2H3. The molecule has 0 bridgehead atoms. The largest absolute Gasteiger partial charge is 0.495 e. The molecule has 2 N–H and O–H groups in total. The van der Waals surface area contributed by atoms with Gasteiger partial charge in [0.15, 0.2) is 0 Å². The SMILES string of the molecule is COCC1=CCN(S(=O)(=O)c2ccc(OC)c(N)c2)CC1. The van der Waals surface area contributed by atoms with Gasteiger partial charge in [0.25, 0.3) is 0 Å². The van der Waals surface area contributed by atoms with E-state index in [1.165, 1.54) is 23.5 Å². The minimum atomic E-state index is -3.54. The van der Waals surface area contributed by atoms with Gasteiger partial charge in [-0.25, -0.2) is 8.42 Å². The van der Waals surface area contributed by atoms with Gasteiger partial charge in [-0.3, -0.25) is 0 Å². The van der Waals surface area contributed by atoms with Crippen molar-refractivity contribution in [1.82, 2.24) is 4.31 Å². The molecule has 0 amide bonds. The summed E-state index contributed by atoms with van der Waals surface area (Å²) in [5.41, 5.74) is 7.22. The first-order valence-electron chi connectivity index (χ1n) is 6.59. The van der Waals surface area contributed by atoms with E-state index in [-0.39, 0.29) is 4.90 Å². The lowest BCUT2D eigenvalue weighted by Gasteiger charge is -2.25. The zero-order valence-corrected chi connectivity index (χ0v) is 13.0. The van der Waals surface area contributed by atoms with Crippen LogP contribution in [0.3, 0.4) is 0 Å². The molecule has 0 unspecified atom stereocenters. The topological polar surface area (TPSA) is 81.9 Å². The maximum Gasteiger partial charge on any atom is 0.243 e. The average Bonchev–Trinajstić information content (AvgIpc) is 2.48. The number of nitrogens with two attached hydrogens (primary N) is 1. The Hall–Kier alpha value is -1.57. The lowest BCUT2D eigenvalue weighted by atomic mass is 10.1. The molecule has 0 atom stereocenters. The summed E-state index contributed by atoms with van der Waals surface area (Å²) in [4.78, 5) is 0.185. The van der Waals surface area contributed by atoms with Crippen molar-refractivity contribution >= 4 is 15.7 Å². The molecule has 0 saturated carbocycles. The van der Waals surface area contributed by atoms with E-state index in [0.29, 0.717) is 37.6 Å². The fourth-order valence-corrected chi connectivity index (χ4v) is 3.67. The molecule has 1 aromatic rings. The predicted octanol–water partition coefficient (Wildman–Crippen LogP) is 1.24. The van der Waals surface area contributed by atoms with E-state index in [1.807, 2.05) is 6.08 Å². The molecule has 0 fully saturated rings.